The second-order valence-electron chi connectivity index (χ2n) is 3.32. The minimum atomic E-state index is -0.470. The maximum atomic E-state index is 11.0. The lowest BCUT2D eigenvalue weighted by atomic mass is 10.0. The zero-order chi connectivity index (χ0) is 12.1. The third-order valence-corrected chi connectivity index (χ3v) is 2.25. The number of phenolic OH excluding ortho intramolecular Hbond substituents is 1. The highest BCUT2D eigenvalue weighted by Gasteiger charge is 2.13. The van der Waals surface area contributed by atoms with Gasteiger partial charge in [-0.25, -0.2) is 0 Å². The van der Waals surface area contributed by atoms with Crippen LogP contribution in [0, 0.1) is 0 Å². The maximum absolute atomic E-state index is 11.0. The van der Waals surface area contributed by atoms with E-state index < -0.39 is 6.04 Å². The number of aromatic hydroxyl groups is 1. The van der Waals surface area contributed by atoms with Gasteiger partial charge in [0.2, 0.25) is 0 Å². The number of benzene rings is 1. The Morgan fingerprint density at radius 1 is 1.50 bits per heavy atom. The minimum Gasteiger partial charge on any atom is -0.504 e. The number of hydrogen-bond donors (Lipinski definition) is 2. The van der Waals surface area contributed by atoms with E-state index in [4.69, 9.17) is 10.5 Å². The van der Waals surface area contributed by atoms with Gasteiger partial charge in [0.15, 0.2) is 11.5 Å². The summed E-state index contributed by atoms with van der Waals surface area (Å²) in [5, 5.41) is 9.39. The van der Waals surface area contributed by atoms with Gasteiger partial charge in [0, 0.05) is 6.04 Å². The number of methoxy groups -OCH3 is 2. The second kappa shape index (κ2) is 5.37. The van der Waals surface area contributed by atoms with E-state index in [1.165, 1.54) is 20.3 Å². The molecule has 0 saturated carbocycles. The molecule has 0 fully saturated rings. The van der Waals surface area contributed by atoms with E-state index in [-0.39, 0.29) is 18.1 Å². The number of phenols is 1. The fourth-order valence-corrected chi connectivity index (χ4v) is 1.31. The molecule has 5 heteroatoms. The van der Waals surface area contributed by atoms with Crippen LogP contribution in [-0.2, 0) is 9.53 Å². The molecule has 5 nitrogen and oxygen atoms in total. The topological polar surface area (TPSA) is 81.8 Å². The summed E-state index contributed by atoms with van der Waals surface area (Å²) < 4.78 is 9.47. The van der Waals surface area contributed by atoms with Gasteiger partial charge in [0.1, 0.15) is 0 Å². The van der Waals surface area contributed by atoms with Crippen LogP contribution in [0.1, 0.15) is 18.0 Å². The Morgan fingerprint density at radius 3 is 2.75 bits per heavy atom. The van der Waals surface area contributed by atoms with Crippen LogP contribution in [0.15, 0.2) is 18.2 Å². The largest absolute Gasteiger partial charge is 0.504 e. The monoisotopic (exact) mass is 225 g/mol. The fourth-order valence-electron chi connectivity index (χ4n) is 1.31. The van der Waals surface area contributed by atoms with Crippen molar-refractivity contribution in [1.29, 1.82) is 0 Å². The summed E-state index contributed by atoms with van der Waals surface area (Å²) in [5.74, 6) is -0.00567. The smallest absolute Gasteiger partial charge is 0.307 e. The summed E-state index contributed by atoms with van der Waals surface area (Å²) >= 11 is 0. The normalized spacial score (nSPS) is 11.9. The molecule has 1 atom stereocenters. The number of carbonyl (C=O) groups excluding carboxylic acids is 1. The highest BCUT2D eigenvalue weighted by molar-refractivity contribution is 5.70. The van der Waals surface area contributed by atoms with Gasteiger partial charge in [-0.1, -0.05) is 6.07 Å². The lowest BCUT2D eigenvalue weighted by Crippen LogP contribution is -2.16. The Labute approximate surface area is 93.8 Å². The van der Waals surface area contributed by atoms with E-state index in [1.54, 1.807) is 12.1 Å². The third kappa shape index (κ3) is 2.87. The number of rotatable bonds is 4. The minimum absolute atomic E-state index is 0.0384. The summed E-state index contributed by atoms with van der Waals surface area (Å²) in [7, 11) is 2.76. The predicted octanol–water partition coefficient (Wildman–Crippen LogP) is 0.964. The van der Waals surface area contributed by atoms with E-state index in [9.17, 15) is 9.90 Å². The van der Waals surface area contributed by atoms with Crippen molar-refractivity contribution >= 4 is 5.97 Å². The molecular weight excluding hydrogens is 210 g/mol. The van der Waals surface area contributed by atoms with Crippen molar-refractivity contribution in [2.24, 2.45) is 5.73 Å². The van der Waals surface area contributed by atoms with Gasteiger partial charge in [-0.2, -0.15) is 0 Å². The van der Waals surface area contributed by atoms with Crippen molar-refractivity contribution < 1.29 is 19.4 Å². The zero-order valence-corrected chi connectivity index (χ0v) is 9.27. The Bertz CT molecular complexity index is 378. The van der Waals surface area contributed by atoms with E-state index in [0.29, 0.717) is 11.3 Å². The average molecular weight is 225 g/mol. The van der Waals surface area contributed by atoms with Crippen LogP contribution in [0.3, 0.4) is 0 Å². The molecule has 16 heavy (non-hydrogen) atoms. The predicted molar refractivity (Wildman–Crippen MR) is 58.2 cm³/mol. The highest BCUT2D eigenvalue weighted by atomic mass is 16.5. The molecule has 0 spiro atoms. The molecule has 0 aromatic heterocycles. The van der Waals surface area contributed by atoms with Gasteiger partial charge in [0.05, 0.1) is 20.6 Å². The molecule has 1 aromatic rings. The van der Waals surface area contributed by atoms with Crippen LogP contribution in [0.2, 0.25) is 0 Å². The van der Waals surface area contributed by atoms with Gasteiger partial charge in [-0.15, -0.1) is 0 Å². The Kier molecular flexibility index (Phi) is 4.13. The molecule has 0 aliphatic rings. The third-order valence-electron chi connectivity index (χ3n) is 2.25. The molecule has 0 radical (unpaired) electrons. The molecule has 0 unspecified atom stereocenters. The summed E-state index contributed by atoms with van der Waals surface area (Å²) in [5.41, 5.74) is 6.52. The van der Waals surface area contributed by atoms with Crippen molar-refractivity contribution in [3.05, 3.63) is 23.8 Å². The molecule has 1 rings (SSSR count). The first-order chi connectivity index (χ1) is 7.58. The Hall–Kier alpha value is -1.75. The van der Waals surface area contributed by atoms with Crippen LogP contribution in [0.5, 0.6) is 11.5 Å². The first kappa shape index (κ1) is 12.3. The molecule has 88 valence electrons. The lowest BCUT2D eigenvalue weighted by Gasteiger charge is -2.12. The zero-order valence-electron chi connectivity index (χ0n) is 9.27. The molecule has 0 saturated heterocycles. The quantitative estimate of drug-likeness (QED) is 0.746. The standard InChI is InChI=1S/C11H15NO4/c1-15-10-5-7(3-4-9(10)13)8(12)6-11(14)16-2/h3-5,8,13H,6,12H2,1-2H3/t8-/m0/s1. The maximum Gasteiger partial charge on any atom is 0.307 e. The van der Waals surface area contributed by atoms with Crippen molar-refractivity contribution in [2.45, 2.75) is 12.5 Å². The second-order valence-corrected chi connectivity index (χ2v) is 3.32. The number of ether oxygens (including phenoxy) is 2. The molecular formula is C11H15NO4. The molecule has 0 aliphatic carbocycles. The van der Waals surface area contributed by atoms with Crippen LogP contribution >= 0.6 is 0 Å². The van der Waals surface area contributed by atoms with Gasteiger partial charge in [-0.3, -0.25) is 4.79 Å². The van der Waals surface area contributed by atoms with Gasteiger partial charge in [-0.05, 0) is 17.7 Å². The van der Waals surface area contributed by atoms with Gasteiger partial charge < -0.3 is 20.3 Å². The van der Waals surface area contributed by atoms with Crippen molar-refractivity contribution in [2.75, 3.05) is 14.2 Å². The number of esters is 1. The number of nitrogens with two attached hydrogens (primary N) is 1. The summed E-state index contributed by atoms with van der Waals surface area (Å²) in [6.07, 6.45) is 0.0877. The summed E-state index contributed by atoms with van der Waals surface area (Å²) in [6, 6.07) is 4.25. The van der Waals surface area contributed by atoms with Crippen LogP contribution in [0.4, 0.5) is 0 Å². The lowest BCUT2D eigenvalue weighted by molar-refractivity contribution is -0.141. The fraction of sp³-hybridized carbons (Fsp3) is 0.364. The molecule has 0 amide bonds. The first-order valence-corrected chi connectivity index (χ1v) is 4.77. The van der Waals surface area contributed by atoms with E-state index in [0.717, 1.165) is 0 Å². The van der Waals surface area contributed by atoms with Crippen molar-refractivity contribution in [3.8, 4) is 11.5 Å². The number of carbonyl (C=O) groups is 1. The van der Waals surface area contributed by atoms with Crippen molar-refractivity contribution in [1.82, 2.24) is 0 Å². The SMILES string of the molecule is COC(=O)C[C@H](N)c1ccc(O)c(OC)c1. The van der Waals surface area contributed by atoms with Crippen LogP contribution in [-0.4, -0.2) is 25.3 Å². The number of hydrogen-bond acceptors (Lipinski definition) is 5. The average Bonchev–Trinajstić information content (AvgIpc) is 2.29. The highest BCUT2D eigenvalue weighted by Crippen LogP contribution is 2.29. The summed E-state index contributed by atoms with van der Waals surface area (Å²) in [4.78, 5) is 11.0. The Balaban J connectivity index is 2.83. The van der Waals surface area contributed by atoms with Gasteiger partial charge in [0.25, 0.3) is 0 Å². The first-order valence-electron chi connectivity index (χ1n) is 4.77. The van der Waals surface area contributed by atoms with Crippen LogP contribution < -0.4 is 10.5 Å². The van der Waals surface area contributed by atoms with E-state index >= 15 is 0 Å². The molecule has 3 N–H and O–H groups in total. The van der Waals surface area contributed by atoms with Crippen LogP contribution in [0.25, 0.3) is 0 Å². The van der Waals surface area contributed by atoms with E-state index in [1.807, 2.05) is 0 Å². The van der Waals surface area contributed by atoms with Gasteiger partial charge >= 0.3 is 5.97 Å². The molecule has 0 aliphatic heterocycles. The molecule has 0 bridgehead atoms. The Morgan fingerprint density at radius 2 is 2.19 bits per heavy atom. The van der Waals surface area contributed by atoms with E-state index in [2.05, 4.69) is 4.74 Å². The molecule has 0 heterocycles. The summed E-state index contributed by atoms with van der Waals surface area (Å²) in [6.45, 7) is 0. The molecule has 1 aromatic carbocycles. The van der Waals surface area contributed by atoms with Crippen molar-refractivity contribution in [3.63, 3.8) is 0 Å².